The van der Waals surface area contributed by atoms with Crippen LogP contribution in [0, 0.1) is 11.8 Å². The molecule has 0 heterocycles. The molecule has 3 rings (SSSR count). The molecule has 0 aliphatic rings. The van der Waals surface area contributed by atoms with Crippen LogP contribution in [-0.4, -0.2) is 0 Å². The Hall–Kier alpha value is -2.74. The largest absolute Gasteiger partial charge is 0.177 e. The molecule has 0 saturated heterocycles. The molecule has 0 N–H and O–H groups in total. The summed E-state index contributed by atoms with van der Waals surface area (Å²) in [5.41, 5.74) is 4.07. The van der Waals surface area contributed by atoms with Gasteiger partial charge in [0.2, 0.25) is 0 Å². The van der Waals surface area contributed by atoms with Crippen molar-refractivity contribution >= 4 is 0 Å². The molecular weight excluding hydrogens is 318 g/mol. The fourth-order valence-electron chi connectivity index (χ4n) is 3.54. The molecule has 132 valence electrons. The minimum atomic E-state index is -1.03. The highest BCUT2D eigenvalue weighted by molar-refractivity contribution is 5.51. The van der Waals surface area contributed by atoms with Crippen LogP contribution in [0.25, 0.3) is 0 Å². The zero-order valence-electron chi connectivity index (χ0n) is 15.5. The minimum Gasteiger partial charge on any atom is -0.149 e. The maximum absolute atomic E-state index is 12.4. The number of rotatable bonds is 7. The van der Waals surface area contributed by atoms with Gasteiger partial charge in [-0.05, 0) is 47.2 Å². The predicted molar refractivity (Wildman–Crippen MR) is 108 cm³/mol. The number of nitroso groups, excluding NO2 is 1. The van der Waals surface area contributed by atoms with Crippen LogP contribution in [0.4, 0.5) is 0 Å². The highest BCUT2D eigenvalue weighted by atomic mass is 16.3. The molecule has 0 aliphatic heterocycles. The third kappa shape index (κ3) is 3.45. The molecule has 3 aromatic rings. The molecule has 1 atom stereocenters. The Morgan fingerprint density at radius 2 is 1.46 bits per heavy atom. The van der Waals surface area contributed by atoms with E-state index in [2.05, 4.69) is 30.3 Å². The van der Waals surface area contributed by atoms with Crippen LogP contribution >= 0.6 is 0 Å². The van der Waals surface area contributed by atoms with Crippen LogP contribution in [0.5, 0.6) is 0 Å². The normalized spacial score (nSPS) is 13.2. The summed E-state index contributed by atoms with van der Waals surface area (Å²) < 4.78 is 0. The van der Waals surface area contributed by atoms with Gasteiger partial charge in [0.05, 0.1) is 0 Å². The minimum absolute atomic E-state index is 0.897. The Bertz CT molecular complexity index is 872. The van der Waals surface area contributed by atoms with E-state index < -0.39 is 5.54 Å². The second-order valence-electron chi connectivity index (χ2n) is 6.84. The average Bonchev–Trinajstić information content (AvgIpc) is 2.69. The number of aryl methyl sites for hydroxylation is 2. The number of benzene rings is 3. The molecule has 0 aliphatic carbocycles. The molecule has 0 radical (unpaired) electrons. The van der Waals surface area contributed by atoms with E-state index in [1.165, 1.54) is 5.56 Å². The first-order valence-corrected chi connectivity index (χ1v) is 9.27. The Morgan fingerprint density at radius 3 is 2.12 bits per heavy atom. The number of hydrogen-bond donors (Lipinski definition) is 0. The summed E-state index contributed by atoms with van der Waals surface area (Å²) in [6.07, 6.45) is 3.31. The van der Waals surface area contributed by atoms with Crippen LogP contribution in [0.15, 0.2) is 84.0 Å². The highest BCUT2D eigenvalue weighted by Crippen LogP contribution is 2.41. The summed E-state index contributed by atoms with van der Waals surface area (Å²) in [7, 11) is 0. The number of unbranched alkanes of at least 4 members (excludes halogenated alkanes) is 1. The van der Waals surface area contributed by atoms with Crippen LogP contribution in [0.2, 0.25) is 0 Å². The molecule has 0 fully saturated rings. The zero-order valence-corrected chi connectivity index (χ0v) is 15.5. The molecule has 0 aromatic heterocycles. The van der Waals surface area contributed by atoms with Gasteiger partial charge in [0, 0.05) is 0 Å². The van der Waals surface area contributed by atoms with Crippen LogP contribution in [0.3, 0.4) is 0 Å². The van der Waals surface area contributed by atoms with Gasteiger partial charge >= 0.3 is 0 Å². The predicted octanol–water partition coefficient (Wildman–Crippen LogP) is 6.40. The monoisotopic (exact) mass is 343 g/mol. The zero-order chi connectivity index (χ0) is 18.4. The van der Waals surface area contributed by atoms with Gasteiger partial charge in [0.25, 0.3) is 0 Å². The molecule has 0 saturated carbocycles. The first-order chi connectivity index (χ1) is 12.7. The van der Waals surface area contributed by atoms with Gasteiger partial charge in [-0.15, -0.1) is 4.91 Å². The van der Waals surface area contributed by atoms with Crippen molar-refractivity contribution in [2.45, 2.75) is 38.6 Å². The number of hydrogen-bond acceptors (Lipinski definition) is 2. The highest BCUT2D eigenvalue weighted by Gasteiger charge is 2.38. The van der Waals surface area contributed by atoms with E-state index in [1.54, 1.807) is 0 Å². The summed E-state index contributed by atoms with van der Waals surface area (Å²) >= 11 is 0. The third-order valence-electron chi connectivity index (χ3n) is 4.93. The Morgan fingerprint density at radius 1 is 0.808 bits per heavy atom. The summed E-state index contributed by atoms with van der Waals surface area (Å²) in [6, 6.07) is 26.3. The van der Waals surface area contributed by atoms with Gasteiger partial charge in [-0.1, -0.05) is 97.8 Å². The lowest BCUT2D eigenvalue weighted by Gasteiger charge is -2.29. The third-order valence-corrected chi connectivity index (χ3v) is 4.93. The van der Waals surface area contributed by atoms with E-state index in [1.807, 2.05) is 67.6 Å². The second kappa shape index (κ2) is 8.09. The molecule has 0 spiro atoms. The quantitative estimate of drug-likeness (QED) is 0.361. The molecule has 1 unspecified atom stereocenters. The molecule has 0 amide bonds. The van der Waals surface area contributed by atoms with Gasteiger partial charge in [-0.3, -0.25) is 0 Å². The Labute approximate surface area is 155 Å². The van der Waals surface area contributed by atoms with Crippen molar-refractivity contribution in [2.24, 2.45) is 5.18 Å². The summed E-state index contributed by atoms with van der Waals surface area (Å²) in [5, 5.41) is 3.74. The Balaban J connectivity index is 2.23. The van der Waals surface area contributed by atoms with Crippen molar-refractivity contribution in [1.82, 2.24) is 0 Å². The van der Waals surface area contributed by atoms with E-state index in [0.29, 0.717) is 0 Å². The maximum atomic E-state index is 12.4. The molecule has 3 aromatic carbocycles. The van der Waals surface area contributed by atoms with Gasteiger partial charge in [-0.2, -0.15) is 0 Å². The van der Waals surface area contributed by atoms with E-state index in [-0.39, 0.29) is 0 Å². The summed E-state index contributed by atoms with van der Waals surface area (Å²) in [6.45, 7) is 4.24. The second-order valence-corrected chi connectivity index (χ2v) is 6.84. The summed E-state index contributed by atoms with van der Waals surface area (Å²) in [5.74, 6) is 0. The number of nitrogens with zero attached hydrogens (tertiary/aromatic N) is 1. The van der Waals surface area contributed by atoms with Crippen molar-refractivity contribution in [3.63, 3.8) is 0 Å². The van der Waals surface area contributed by atoms with Crippen LogP contribution < -0.4 is 0 Å². The molecular formula is C24H25NO. The lowest BCUT2D eigenvalue weighted by molar-refractivity contribution is 0.647. The molecule has 26 heavy (non-hydrogen) atoms. The first kappa shape index (κ1) is 18.1. The lowest BCUT2D eigenvalue weighted by Crippen LogP contribution is -2.26. The average molecular weight is 343 g/mol. The Kier molecular flexibility index (Phi) is 5.62. The topological polar surface area (TPSA) is 29.4 Å². The van der Waals surface area contributed by atoms with E-state index in [0.717, 1.165) is 41.5 Å². The van der Waals surface area contributed by atoms with E-state index in [9.17, 15) is 4.91 Å². The van der Waals surface area contributed by atoms with Crippen molar-refractivity contribution < 1.29 is 0 Å². The van der Waals surface area contributed by atoms with Crippen molar-refractivity contribution in [3.8, 4) is 0 Å². The van der Waals surface area contributed by atoms with Gasteiger partial charge in [0.1, 0.15) is 0 Å². The fraction of sp³-hybridized carbons (Fsp3) is 0.250. The van der Waals surface area contributed by atoms with Crippen LogP contribution in [-0.2, 0) is 12.0 Å². The first-order valence-electron chi connectivity index (χ1n) is 9.27. The van der Waals surface area contributed by atoms with Crippen molar-refractivity contribution in [3.05, 3.63) is 112 Å². The van der Waals surface area contributed by atoms with Crippen molar-refractivity contribution in [1.29, 1.82) is 0 Å². The van der Waals surface area contributed by atoms with Gasteiger partial charge in [0.15, 0.2) is 5.54 Å². The van der Waals surface area contributed by atoms with E-state index in [4.69, 9.17) is 0 Å². The summed E-state index contributed by atoms with van der Waals surface area (Å²) in [4.78, 5) is 12.4. The van der Waals surface area contributed by atoms with Gasteiger partial charge < -0.3 is 0 Å². The smallest absolute Gasteiger partial charge is 0.149 e. The maximum Gasteiger partial charge on any atom is 0.177 e. The van der Waals surface area contributed by atoms with E-state index >= 15 is 0 Å². The fourth-order valence-corrected chi connectivity index (χ4v) is 3.54. The molecule has 0 bridgehead atoms. The SMILES string of the molecule is CCCCc1cccc(C(N=O)(c2ccccc2)c2cccc(C)c2)c1. The lowest BCUT2D eigenvalue weighted by atomic mass is 9.77. The van der Waals surface area contributed by atoms with Crippen molar-refractivity contribution in [2.75, 3.05) is 0 Å². The molecule has 2 heteroatoms. The standard InChI is InChI=1S/C24H25NO/c1-3-4-11-20-12-9-16-23(18-20)24(25-26,21-13-6-5-7-14-21)22-15-8-10-19(2)17-22/h5-10,12-18H,3-4,11H2,1-2H3. The van der Waals surface area contributed by atoms with Crippen LogP contribution in [0.1, 0.15) is 47.6 Å². The molecule has 2 nitrogen and oxygen atoms in total. The van der Waals surface area contributed by atoms with Gasteiger partial charge in [-0.25, -0.2) is 0 Å².